The molecule has 0 unspecified atom stereocenters. The highest BCUT2D eigenvalue weighted by atomic mass is 35.5. The number of nitrogens with zero attached hydrogens (tertiary/aromatic N) is 3. The molecule has 0 saturated carbocycles. The first-order valence-electron chi connectivity index (χ1n) is 7.21. The SMILES string of the molecule is Cc1nc(N)c2c(-c3ccc4c(c3F)CCN4)cn(C)c2n1.Cl. The minimum Gasteiger partial charge on any atom is -0.384 e. The van der Waals surface area contributed by atoms with Crippen LogP contribution in [0.2, 0.25) is 0 Å². The first-order valence-corrected chi connectivity index (χ1v) is 7.21. The zero-order chi connectivity index (χ0) is 15.4. The van der Waals surface area contributed by atoms with Gasteiger partial charge in [-0.3, -0.25) is 0 Å². The van der Waals surface area contributed by atoms with Gasteiger partial charge < -0.3 is 15.6 Å². The molecule has 1 aliphatic rings. The quantitative estimate of drug-likeness (QED) is 0.718. The molecule has 3 aromatic rings. The van der Waals surface area contributed by atoms with Crippen LogP contribution < -0.4 is 11.1 Å². The van der Waals surface area contributed by atoms with Crippen LogP contribution in [0.15, 0.2) is 18.3 Å². The van der Waals surface area contributed by atoms with E-state index in [0.717, 1.165) is 29.0 Å². The minimum atomic E-state index is -0.185. The van der Waals surface area contributed by atoms with Crippen molar-refractivity contribution in [3.05, 3.63) is 35.5 Å². The Labute approximate surface area is 139 Å². The van der Waals surface area contributed by atoms with E-state index in [1.807, 2.05) is 23.9 Å². The number of aryl methyl sites for hydroxylation is 2. The second kappa shape index (κ2) is 5.38. The molecule has 0 saturated heterocycles. The molecule has 3 N–H and O–H groups in total. The maximum atomic E-state index is 14.9. The fraction of sp³-hybridized carbons (Fsp3) is 0.250. The molecule has 7 heteroatoms. The highest BCUT2D eigenvalue weighted by molar-refractivity contribution is 6.01. The van der Waals surface area contributed by atoms with Crippen LogP contribution in [0.5, 0.6) is 0 Å². The van der Waals surface area contributed by atoms with Crippen LogP contribution in [0, 0.1) is 12.7 Å². The fourth-order valence-corrected chi connectivity index (χ4v) is 3.18. The van der Waals surface area contributed by atoms with E-state index in [0.29, 0.717) is 29.0 Å². The van der Waals surface area contributed by atoms with E-state index in [9.17, 15) is 4.39 Å². The molecular formula is C16H17ClFN5. The van der Waals surface area contributed by atoms with Gasteiger partial charge in [-0.2, -0.15) is 0 Å². The number of aromatic nitrogens is 3. The van der Waals surface area contributed by atoms with E-state index in [1.165, 1.54) is 0 Å². The summed E-state index contributed by atoms with van der Waals surface area (Å²) in [5.74, 6) is 0.808. The van der Waals surface area contributed by atoms with Gasteiger partial charge in [-0.05, 0) is 25.5 Å². The molecule has 0 atom stereocenters. The van der Waals surface area contributed by atoms with Crippen molar-refractivity contribution in [1.82, 2.24) is 14.5 Å². The van der Waals surface area contributed by atoms with Crippen LogP contribution >= 0.6 is 12.4 Å². The summed E-state index contributed by atoms with van der Waals surface area (Å²) in [7, 11) is 1.88. The molecule has 0 aliphatic carbocycles. The van der Waals surface area contributed by atoms with Gasteiger partial charge in [-0.15, -0.1) is 12.4 Å². The van der Waals surface area contributed by atoms with Gasteiger partial charge in [0.05, 0.1) is 5.39 Å². The zero-order valence-corrected chi connectivity index (χ0v) is 13.7. The lowest BCUT2D eigenvalue weighted by atomic mass is 10.0. The van der Waals surface area contributed by atoms with Crippen LogP contribution in [0.25, 0.3) is 22.2 Å². The number of nitrogen functional groups attached to an aromatic ring is 1. The van der Waals surface area contributed by atoms with E-state index in [-0.39, 0.29) is 18.2 Å². The predicted octanol–water partition coefficient (Wildman–Crippen LogP) is 3.05. The molecule has 3 heterocycles. The van der Waals surface area contributed by atoms with Crippen molar-refractivity contribution >= 4 is 34.9 Å². The number of fused-ring (bicyclic) bond motifs is 2. The van der Waals surface area contributed by atoms with Crippen molar-refractivity contribution in [3.8, 4) is 11.1 Å². The van der Waals surface area contributed by atoms with Gasteiger partial charge in [-0.25, -0.2) is 14.4 Å². The van der Waals surface area contributed by atoms with Crippen molar-refractivity contribution in [1.29, 1.82) is 0 Å². The summed E-state index contributed by atoms with van der Waals surface area (Å²) in [6.45, 7) is 2.57. The number of nitrogens with two attached hydrogens (primary N) is 1. The second-order valence-electron chi connectivity index (χ2n) is 5.64. The average molecular weight is 334 g/mol. The van der Waals surface area contributed by atoms with Gasteiger partial charge >= 0.3 is 0 Å². The molecule has 2 aromatic heterocycles. The second-order valence-corrected chi connectivity index (χ2v) is 5.64. The molecule has 23 heavy (non-hydrogen) atoms. The normalized spacial score (nSPS) is 12.8. The number of rotatable bonds is 1. The zero-order valence-electron chi connectivity index (χ0n) is 12.9. The molecule has 120 valence electrons. The first kappa shape index (κ1) is 15.6. The molecule has 0 bridgehead atoms. The summed E-state index contributed by atoms with van der Waals surface area (Å²) in [6, 6.07) is 3.71. The number of benzene rings is 1. The minimum absolute atomic E-state index is 0. The standard InChI is InChI=1S/C16H16FN5.ClH/c1-8-20-15(18)13-11(7-22(2)16(13)21-8)9-3-4-12-10(14(9)17)5-6-19-12;/h3-4,7,19H,5-6H2,1-2H3,(H2,18,20,21);1H. The summed E-state index contributed by atoms with van der Waals surface area (Å²) in [6.07, 6.45) is 2.56. The van der Waals surface area contributed by atoms with Crippen LogP contribution in [-0.4, -0.2) is 21.1 Å². The van der Waals surface area contributed by atoms with Crippen LogP contribution in [-0.2, 0) is 13.5 Å². The lowest BCUT2D eigenvalue weighted by molar-refractivity contribution is 0.619. The Morgan fingerprint density at radius 1 is 1.26 bits per heavy atom. The topological polar surface area (TPSA) is 68.8 Å². The third kappa shape index (κ3) is 2.21. The highest BCUT2D eigenvalue weighted by Crippen LogP contribution is 2.37. The van der Waals surface area contributed by atoms with Crippen LogP contribution in [0.1, 0.15) is 11.4 Å². The molecule has 0 amide bonds. The van der Waals surface area contributed by atoms with Crippen molar-refractivity contribution < 1.29 is 4.39 Å². The van der Waals surface area contributed by atoms with Crippen molar-refractivity contribution in [3.63, 3.8) is 0 Å². The number of hydrogen-bond acceptors (Lipinski definition) is 4. The van der Waals surface area contributed by atoms with Crippen molar-refractivity contribution in [2.45, 2.75) is 13.3 Å². The molecular weight excluding hydrogens is 317 g/mol. The van der Waals surface area contributed by atoms with Crippen molar-refractivity contribution in [2.75, 3.05) is 17.6 Å². The Morgan fingerprint density at radius 2 is 2.04 bits per heavy atom. The maximum Gasteiger partial charge on any atom is 0.146 e. The lowest BCUT2D eigenvalue weighted by Crippen LogP contribution is -1.99. The summed E-state index contributed by atoms with van der Waals surface area (Å²) >= 11 is 0. The van der Waals surface area contributed by atoms with Gasteiger partial charge in [0.25, 0.3) is 0 Å². The molecule has 0 radical (unpaired) electrons. The molecule has 4 rings (SSSR count). The monoisotopic (exact) mass is 333 g/mol. The maximum absolute atomic E-state index is 14.9. The average Bonchev–Trinajstić information content (AvgIpc) is 3.05. The highest BCUT2D eigenvalue weighted by Gasteiger charge is 2.22. The third-order valence-electron chi connectivity index (χ3n) is 4.18. The Morgan fingerprint density at radius 3 is 2.83 bits per heavy atom. The summed E-state index contributed by atoms with van der Waals surface area (Å²) < 4.78 is 16.7. The third-order valence-corrected chi connectivity index (χ3v) is 4.18. The largest absolute Gasteiger partial charge is 0.384 e. The molecule has 0 spiro atoms. The van der Waals surface area contributed by atoms with Gasteiger partial charge in [0.15, 0.2) is 0 Å². The fourth-order valence-electron chi connectivity index (χ4n) is 3.18. The summed E-state index contributed by atoms with van der Waals surface area (Å²) in [4.78, 5) is 8.64. The predicted molar refractivity (Wildman–Crippen MR) is 92.5 cm³/mol. The van der Waals surface area contributed by atoms with E-state index in [1.54, 1.807) is 13.0 Å². The van der Waals surface area contributed by atoms with Gasteiger partial charge in [0, 0.05) is 42.2 Å². The van der Waals surface area contributed by atoms with Crippen molar-refractivity contribution in [2.24, 2.45) is 7.05 Å². The van der Waals surface area contributed by atoms with Gasteiger partial charge in [0.1, 0.15) is 23.1 Å². The van der Waals surface area contributed by atoms with E-state index in [4.69, 9.17) is 5.73 Å². The number of hydrogen-bond donors (Lipinski definition) is 2. The molecule has 1 aliphatic heterocycles. The summed E-state index contributed by atoms with van der Waals surface area (Å²) in [5.41, 5.74) is 9.69. The number of nitrogens with one attached hydrogen (secondary N) is 1. The molecule has 0 fully saturated rings. The Hall–Kier alpha value is -2.34. The Kier molecular flexibility index (Phi) is 3.64. The van der Waals surface area contributed by atoms with E-state index >= 15 is 0 Å². The Bertz CT molecular complexity index is 919. The summed E-state index contributed by atoms with van der Waals surface area (Å²) in [5, 5.41) is 3.89. The van der Waals surface area contributed by atoms with E-state index in [2.05, 4.69) is 15.3 Å². The van der Waals surface area contributed by atoms with E-state index < -0.39 is 0 Å². The Balaban J connectivity index is 0.00000156. The van der Waals surface area contributed by atoms with Crippen LogP contribution in [0.4, 0.5) is 15.9 Å². The smallest absolute Gasteiger partial charge is 0.146 e. The molecule has 1 aromatic carbocycles. The first-order chi connectivity index (χ1) is 10.6. The van der Waals surface area contributed by atoms with Gasteiger partial charge in [0.2, 0.25) is 0 Å². The number of halogens is 2. The lowest BCUT2D eigenvalue weighted by Gasteiger charge is -2.07. The van der Waals surface area contributed by atoms with Crippen LogP contribution in [0.3, 0.4) is 0 Å². The van der Waals surface area contributed by atoms with Gasteiger partial charge in [-0.1, -0.05) is 0 Å². The number of anilines is 2. The molecule has 5 nitrogen and oxygen atoms in total.